The summed E-state index contributed by atoms with van der Waals surface area (Å²) >= 11 is 0. The van der Waals surface area contributed by atoms with Crippen LogP contribution >= 0.6 is 0 Å². The predicted molar refractivity (Wildman–Crippen MR) is 84.9 cm³/mol. The minimum Gasteiger partial charge on any atom is -0.378 e. The molecule has 0 unspecified atom stereocenters. The van der Waals surface area contributed by atoms with E-state index in [2.05, 4.69) is 32.2 Å². The Bertz CT molecular complexity index is 567. The third-order valence-electron chi connectivity index (χ3n) is 3.68. The van der Waals surface area contributed by atoms with Crippen LogP contribution in [0.2, 0.25) is 0 Å². The monoisotopic (exact) mass is 302 g/mol. The molecular weight excluding hydrogens is 280 g/mol. The SMILES string of the molecule is C[C@@H](CNc1cc(N2CCOCC2)ncn1)Cn1cccn1. The lowest BCUT2D eigenvalue weighted by Crippen LogP contribution is -2.36. The molecule has 2 aromatic heterocycles. The van der Waals surface area contributed by atoms with Gasteiger partial charge < -0.3 is 15.0 Å². The summed E-state index contributed by atoms with van der Waals surface area (Å²) in [7, 11) is 0. The van der Waals surface area contributed by atoms with E-state index in [1.54, 1.807) is 12.5 Å². The topological polar surface area (TPSA) is 68.1 Å². The van der Waals surface area contributed by atoms with E-state index in [0.29, 0.717) is 5.92 Å². The van der Waals surface area contributed by atoms with Gasteiger partial charge in [-0.3, -0.25) is 4.68 Å². The van der Waals surface area contributed by atoms with Gasteiger partial charge in [0.25, 0.3) is 0 Å². The minimum atomic E-state index is 0.460. The molecular formula is C15H22N6O. The third kappa shape index (κ3) is 3.94. The summed E-state index contributed by atoms with van der Waals surface area (Å²) in [5, 5.41) is 7.62. The molecule has 3 heterocycles. The second-order valence-corrected chi connectivity index (χ2v) is 5.58. The number of anilines is 2. The average molecular weight is 302 g/mol. The van der Waals surface area contributed by atoms with Crippen LogP contribution in [0.1, 0.15) is 6.92 Å². The third-order valence-corrected chi connectivity index (χ3v) is 3.68. The van der Waals surface area contributed by atoms with Crippen LogP contribution in [0.3, 0.4) is 0 Å². The predicted octanol–water partition coefficient (Wildman–Crippen LogP) is 1.26. The number of nitrogens with one attached hydrogen (secondary N) is 1. The molecule has 1 saturated heterocycles. The van der Waals surface area contributed by atoms with Gasteiger partial charge >= 0.3 is 0 Å². The fraction of sp³-hybridized carbons (Fsp3) is 0.533. The maximum absolute atomic E-state index is 5.37. The molecule has 1 fully saturated rings. The number of hydrogen-bond acceptors (Lipinski definition) is 6. The van der Waals surface area contributed by atoms with Gasteiger partial charge in [0, 0.05) is 44.6 Å². The fourth-order valence-corrected chi connectivity index (χ4v) is 2.48. The largest absolute Gasteiger partial charge is 0.378 e. The van der Waals surface area contributed by atoms with Crippen molar-refractivity contribution in [2.75, 3.05) is 43.1 Å². The summed E-state index contributed by atoms with van der Waals surface area (Å²) in [6.07, 6.45) is 5.40. The van der Waals surface area contributed by atoms with Crippen LogP contribution in [0.15, 0.2) is 30.9 Å². The van der Waals surface area contributed by atoms with Crippen LogP contribution in [0, 0.1) is 5.92 Å². The smallest absolute Gasteiger partial charge is 0.134 e. The number of ether oxygens (including phenoxy) is 1. The van der Waals surface area contributed by atoms with Crippen molar-refractivity contribution < 1.29 is 4.74 Å². The van der Waals surface area contributed by atoms with Gasteiger partial charge in [0.15, 0.2) is 0 Å². The second-order valence-electron chi connectivity index (χ2n) is 5.58. The Morgan fingerprint density at radius 1 is 1.32 bits per heavy atom. The Kier molecular flexibility index (Phi) is 4.85. The molecule has 2 aromatic rings. The Morgan fingerprint density at radius 3 is 2.95 bits per heavy atom. The first-order chi connectivity index (χ1) is 10.8. The Labute approximate surface area is 130 Å². The van der Waals surface area contributed by atoms with E-state index in [9.17, 15) is 0 Å². The molecule has 0 spiro atoms. The average Bonchev–Trinajstić information content (AvgIpc) is 3.07. The van der Waals surface area contributed by atoms with Crippen molar-refractivity contribution in [3.05, 3.63) is 30.9 Å². The van der Waals surface area contributed by atoms with Crippen LogP contribution in [0.5, 0.6) is 0 Å². The van der Waals surface area contributed by atoms with Crippen molar-refractivity contribution in [3.63, 3.8) is 0 Å². The standard InChI is InChI=1S/C15H22N6O/c1-13(11-21-4-2-3-19-21)10-16-14-9-15(18-12-17-14)20-5-7-22-8-6-20/h2-4,9,12-13H,5-8,10-11H2,1H3,(H,16,17,18)/t13-/m0/s1. The summed E-state index contributed by atoms with van der Waals surface area (Å²) in [4.78, 5) is 10.9. The van der Waals surface area contributed by atoms with Crippen molar-refractivity contribution >= 4 is 11.6 Å². The van der Waals surface area contributed by atoms with Crippen LogP contribution in [-0.4, -0.2) is 52.6 Å². The number of morpholine rings is 1. The first kappa shape index (κ1) is 14.8. The fourth-order valence-electron chi connectivity index (χ4n) is 2.48. The van der Waals surface area contributed by atoms with Crippen molar-refractivity contribution in [1.29, 1.82) is 0 Å². The number of aromatic nitrogens is 4. The quantitative estimate of drug-likeness (QED) is 0.866. The first-order valence-corrected chi connectivity index (χ1v) is 7.67. The highest BCUT2D eigenvalue weighted by atomic mass is 16.5. The van der Waals surface area contributed by atoms with Gasteiger partial charge in [0.05, 0.1) is 13.2 Å². The molecule has 0 aliphatic carbocycles. The molecule has 7 nitrogen and oxygen atoms in total. The molecule has 1 aliphatic heterocycles. The van der Waals surface area contributed by atoms with Crippen LogP contribution in [0.25, 0.3) is 0 Å². The normalized spacial score (nSPS) is 16.5. The van der Waals surface area contributed by atoms with Crippen LogP contribution in [-0.2, 0) is 11.3 Å². The molecule has 7 heteroatoms. The Hall–Kier alpha value is -2.15. The highest BCUT2D eigenvalue weighted by Gasteiger charge is 2.13. The van der Waals surface area contributed by atoms with Crippen molar-refractivity contribution in [2.45, 2.75) is 13.5 Å². The number of hydrogen-bond donors (Lipinski definition) is 1. The van der Waals surface area contributed by atoms with Gasteiger partial charge in [-0.1, -0.05) is 6.92 Å². The van der Waals surface area contributed by atoms with Crippen molar-refractivity contribution in [1.82, 2.24) is 19.7 Å². The van der Waals surface area contributed by atoms with E-state index in [1.807, 2.05) is 23.0 Å². The molecule has 0 saturated carbocycles. The maximum Gasteiger partial charge on any atom is 0.134 e. The highest BCUT2D eigenvalue weighted by Crippen LogP contribution is 2.15. The molecule has 1 aliphatic rings. The van der Waals surface area contributed by atoms with E-state index in [1.165, 1.54) is 0 Å². The van der Waals surface area contributed by atoms with E-state index in [4.69, 9.17) is 4.74 Å². The first-order valence-electron chi connectivity index (χ1n) is 7.67. The van der Waals surface area contributed by atoms with E-state index >= 15 is 0 Å². The zero-order chi connectivity index (χ0) is 15.2. The van der Waals surface area contributed by atoms with E-state index < -0.39 is 0 Å². The second kappa shape index (κ2) is 7.22. The van der Waals surface area contributed by atoms with Gasteiger partial charge in [-0.2, -0.15) is 5.10 Å². The summed E-state index contributed by atoms with van der Waals surface area (Å²) in [6.45, 7) is 7.21. The van der Waals surface area contributed by atoms with Gasteiger partial charge in [0.2, 0.25) is 0 Å². The van der Waals surface area contributed by atoms with Gasteiger partial charge in [-0.15, -0.1) is 0 Å². The van der Waals surface area contributed by atoms with Gasteiger partial charge in [-0.25, -0.2) is 9.97 Å². The summed E-state index contributed by atoms with van der Waals surface area (Å²) < 4.78 is 7.32. The van der Waals surface area contributed by atoms with Crippen LogP contribution in [0.4, 0.5) is 11.6 Å². The van der Waals surface area contributed by atoms with E-state index in [-0.39, 0.29) is 0 Å². The number of nitrogens with zero attached hydrogens (tertiary/aromatic N) is 5. The molecule has 0 radical (unpaired) electrons. The molecule has 22 heavy (non-hydrogen) atoms. The lowest BCUT2D eigenvalue weighted by Gasteiger charge is -2.27. The lowest BCUT2D eigenvalue weighted by molar-refractivity contribution is 0.122. The molecule has 0 amide bonds. The summed E-state index contributed by atoms with van der Waals surface area (Å²) in [5.41, 5.74) is 0. The number of rotatable bonds is 6. The molecule has 1 atom stereocenters. The zero-order valence-corrected chi connectivity index (χ0v) is 12.9. The molecule has 1 N–H and O–H groups in total. The Balaban J connectivity index is 1.53. The maximum atomic E-state index is 5.37. The highest BCUT2D eigenvalue weighted by molar-refractivity contribution is 5.48. The summed E-state index contributed by atoms with van der Waals surface area (Å²) in [5.74, 6) is 2.28. The van der Waals surface area contributed by atoms with Crippen molar-refractivity contribution in [2.24, 2.45) is 5.92 Å². The Morgan fingerprint density at radius 2 is 2.18 bits per heavy atom. The molecule has 0 bridgehead atoms. The van der Waals surface area contributed by atoms with E-state index in [0.717, 1.165) is 51.0 Å². The van der Waals surface area contributed by atoms with Crippen molar-refractivity contribution in [3.8, 4) is 0 Å². The molecule has 118 valence electrons. The van der Waals surface area contributed by atoms with Crippen LogP contribution < -0.4 is 10.2 Å². The summed E-state index contributed by atoms with van der Waals surface area (Å²) in [6, 6.07) is 3.95. The minimum absolute atomic E-state index is 0.460. The van der Waals surface area contributed by atoms with Gasteiger partial charge in [0.1, 0.15) is 18.0 Å². The lowest BCUT2D eigenvalue weighted by atomic mass is 10.2. The molecule has 3 rings (SSSR count). The zero-order valence-electron chi connectivity index (χ0n) is 12.9. The molecule has 0 aromatic carbocycles. The van der Waals surface area contributed by atoms with Gasteiger partial charge in [-0.05, 0) is 12.0 Å².